The van der Waals surface area contributed by atoms with Crippen molar-refractivity contribution < 1.29 is 40.7 Å². The number of aromatic nitrogens is 1. The molecule has 1 aromatic heterocycles. The van der Waals surface area contributed by atoms with Crippen LogP contribution in [0.4, 0.5) is 32.0 Å². The molecule has 5 nitrogen and oxygen atoms in total. The molecule has 1 heterocycles. The number of amides is 1. The highest BCUT2D eigenvalue weighted by Gasteiger charge is 2.37. The number of hydrogen-bond acceptors (Lipinski definition) is 4. The average molecular weight is 427 g/mol. The minimum Gasteiger partial charge on any atom is -0.452 e. The van der Waals surface area contributed by atoms with Crippen molar-refractivity contribution in [3.63, 3.8) is 0 Å². The van der Waals surface area contributed by atoms with Gasteiger partial charge in [-0.15, -0.1) is 0 Å². The molecule has 0 atom stereocenters. The van der Waals surface area contributed by atoms with Gasteiger partial charge >= 0.3 is 18.3 Å². The number of carbonyl (C=O) groups is 2. The number of halogens is 7. The Bertz CT molecular complexity index is 866. The minimum atomic E-state index is -5.12. The standard InChI is InChI=1S/C16H9ClF6N2O3/c17-13-11(2-1-3-24-13)25-12(26)7-28-14(27)8-4-9(15(18,19)20)6-10(5-8)16(21,22)23/h1-6H,7H2,(H,25,26). The topological polar surface area (TPSA) is 68.3 Å². The first-order valence-corrected chi connectivity index (χ1v) is 7.62. The second-order valence-electron chi connectivity index (χ2n) is 5.26. The molecule has 12 heteroatoms. The molecule has 0 saturated carbocycles. The number of carbonyl (C=O) groups excluding carboxylic acids is 2. The molecule has 0 spiro atoms. The predicted octanol–water partition coefficient (Wildman–Crippen LogP) is 4.57. The second kappa shape index (κ2) is 8.05. The third kappa shape index (κ3) is 5.59. The number of pyridine rings is 1. The minimum absolute atomic E-state index is 0.0728. The summed E-state index contributed by atoms with van der Waals surface area (Å²) in [6.07, 6.45) is -8.90. The summed E-state index contributed by atoms with van der Waals surface area (Å²) < 4.78 is 81.2. The van der Waals surface area contributed by atoms with Crippen LogP contribution in [-0.4, -0.2) is 23.5 Å². The van der Waals surface area contributed by atoms with E-state index in [9.17, 15) is 35.9 Å². The van der Waals surface area contributed by atoms with Crippen molar-refractivity contribution in [2.24, 2.45) is 0 Å². The summed E-state index contributed by atoms with van der Waals surface area (Å²) in [5.41, 5.74) is -4.29. The van der Waals surface area contributed by atoms with Gasteiger partial charge in [-0.05, 0) is 30.3 Å². The van der Waals surface area contributed by atoms with Gasteiger partial charge in [-0.25, -0.2) is 9.78 Å². The summed E-state index contributed by atoms with van der Waals surface area (Å²) in [4.78, 5) is 27.2. The summed E-state index contributed by atoms with van der Waals surface area (Å²) in [6.45, 7) is -0.971. The zero-order chi connectivity index (χ0) is 21.1. The molecule has 0 fully saturated rings. The molecule has 2 aromatic rings. The fourth-order valence-corrected chi connectivity index (χ4v) is 2.12. The van der Waals surface area contributed by atoms with E-state index in [1.54, 1.807) is 0 Å². The summed E-state index contributed by atoms with van der Waals surface area (Å²) in [7, 11) is 0. The van der Waals surface area contributed by atoms with Crippen LogP contribution >= 0.6 is 11.6 Å². The third-order valence-corrected chi connectivity index (χ3v) is 3.49. The van der Waals surface area contributed by atoms with Crippen LogP contribution in [0.1, 0.15) is 21.5 Å². The monoisotopic (exact) mass is 426 g/mol. The van der Waals surface area contributed by atoms with Gasteiger partial charge in [0.1, 0.15) is 0 Å². The number of hydrogen-bond donors (Lipinski definition) is 1. The van der Waals surface area contributed by atoms with Crippen LogP contribution in [0.2, 0.25) is 5.15 Å². The third-order valence-electron chi connectivity index (χ3n) is 3.19. The lowest BCUT2D eigenvalue weighted by molar-refractivity contribution is -0.143. The zero-order valence-electron chi connectivity index (χ0n) is 13.5. The van der Waals surface area contributed by atoms with E-state index in [4.69, 9.17) is 11.6 Å². The summed E-state index contributed by atoms with van der Waals surface area (Å²) in [5.74, 6) is -2.46. The second-order valence-corrected chi connectivity index (χ2v) is 5.62. The molecule has 1 amide bonds. The lowest BCUT2D eigenvalue weighted by Crippen LogP contribution is -2.22. The van der Waals surface area contributed by atoms with Gasteiger partial charge in [0, 0.05) is 6.20 Å². The molecule has 1 aromatic carbocycles. The van der Waals surface area contributed by atoms with Crippen LogP contribution in [0.3, 0.4) is 0 Å². The van der Waals surface area contributed by atoms with Crippen molar-refractivity contribution in [1.29, 1.82) is 0 Å². The Hall–Kier alpha value is -2.82. The largest absolute Gasteiger partial charge is 0.452 e. The van der Waals surface area contributed by atoms with Crippen molar-refractivity contribution in [1.82, 2.24) is 4.98 Å². The average Bonchev–Trinajstić information content (AvgIpc) is 2.59. The van der Waals surface area contributed by atoms with E-state index in [1.807, 2.05) is 0 Å². The lowest BCUT2D eigenvalue weighted by Gasteiger charge is -2.14. The van der Waals surface area contributed by atoms with E-state index in [2.05, 4.69) is 15.0 Å². The van der Waals surface area contributed by atoms with Crippen LogP contribution in [-0.2, 0) is 21.9 Å². The highest BCUT2D eigenvalue weighted by molar-refractivity contribution is 6.32. The highest BCUT2D eigenvalue weighted by Crippen LogP contribution is 2.36. The number of ether oxygens (including phenoxy) is 1. The molecular weight excluding hydrogens is 418 g/mol. The van der Waals surface area contributed by atoms with Crippen LogP contribution in [0.15, 0.2) is 36.5 Å². The first-order valence-electron chi connectivity index (χ1n) is 7.25. The van der Waals surface area contributed by atoms with Gasteiger partial charge < -0.3 is 10.1 Å². The van der Waals surface area contributed by atoms with E-state index in [0.717, 1.165) is 0 Å². The number of nitrogens with one attached hydrogen (secondary N) is 1. The van der Waals surface area contributed by atoms with Crippen molar-refractivity contribution in [2.45, 2.75) is 12.4 Å². The molecule has 1 N–H and O–H groups in total. The molecule has 0 bridgehead atoms. The smallest absolute Gasteiger partial charge is 0.416 e. The van der Waals surface area contributed by atoms with Crippen LogP contribution < -0.4 is 5.32 Å². The molecule has 28 heavy (non-hydrogen) atoms. The molecule has 0 aliphatic heterocycles. The Morgan fingerprint density at radius 2 is 1.61 bits per heavy atom. The number of alkyl halides is 6. The van der Waals surface area contributed by atoms with Crippen molar-refractivity contribution in [2.75, 3.05) is 11.9 Å². The summed E-state index contributed by atoms with van der Waals surface area (Å²) >= 11 is 5.70. The maximum atomic E-state index is 12.8. The highest BCUT2D eigenvalue weighted by atomic mass is 35.5. The molecule has 0 unspecified atom stereocenters. The lowest BCUT2D eigenvalue weighted by atomic mass is 10.0. The summed E-state index contributed by atoms with van der Waals surface area (Å²) in [6, 6.07) is 3.08. The predicted molar refractivity (Wildman–Crippen MR) is 84.6 cm³/mol. The number of rotatable bonds is 4. The molecule has 0 radical (unpaired) electrons. The Balaban J connectivity index is 2.15. The molecule has 2 rings (SSSR count). The zero-order valence-corrected chi connectivity index (χ0v) is 14.2. The maximum absolute atomic E-state index is 12.8. The Morgan fingerprint density at radius 1 is 1.04 bits per heavy atom. The van der Waals surface area contributed by atoms with Gasteiger partial charge in [-0.1, -0.05) is 11.6 Å². The van der Waals surface area contributed by atoms with Crippen molar-refractivity contribution >= 4 is 29.2 Å². The fraction of sp³-hybridized carbons (Fsp3) is 0.188. The molecular formula is C16H9ClF6N2O3. The molecule has 0 aliphatic rings. The van der Waals surface area contributed by atoms with Gasteiger partial charge in [-0.2, -0.15) is 26.3 Å². The van der Waals surface area contributed by atoms with E-state index >= 15 is 0 Å². The number of benzene rings is 1. The number of nitrogens with zero attached hydrogens (tertiary/aromatic N) is 1. The van der Waals surface area contributed by atoms with Gasteiger partial charge in [0.05, 0.1) is 22.4 Å². The van der Waals surface area contributed by atoms with Crippen LogP contribution in [0, 0.1) is 0 Å². The number of esters is 1. The summed E-state index contributed by atoms with van der Waals surface area (Å²) in [5, 5.41) is 2.14. The quantitative estimate of drug-likeness (QED) is 0.442. The van der Waals surface area contributed by atoms with E-state index in [-0.39, 0.29) is 29.0 Å². The molecule has 150 valence electrons. The van der Waals surface area contributed by atoms with E-state index in [0.29, 0.717) is 0 Å². The normalized spacial score (nSPS) is 11.8. The van der Waals surface area contributed by atoms with Crippen LogP contribution in [0.25, 0.3) is 0 Å². The molecule has 0 saturated heterocycles. The van der Waals surface area contributed by atoms with Gasteiger partial charge in [-0.3, -0.25) is 4.79 Å². The van der Waals surface area contributed by atoms with Gasteiger partial charge in [0.15, 0.2) is 11.8 Å². The SMILES string of the molecule is O=C(COC(=O)c1cc(C(F)(F)F)cc(C(F)(F)F)c1)Nc1cccnc1Cl. The fourth-order valence-electron chi connectivity index (χ4n) is 1.95. The first-order chi connectivity index (χ1) is 12.9. The van der Waals surface area contributed by atoms with Crippen molar-refractivity contribution in [3.8, 4) is 0 Å². The van der Waals surface area contributed by atoms with Gasteiger partial charge in [0.2, 0.25) is 0 Å². The van der Waals surface area contributed by atoms with E-state index < -0.39 is 47.5 Å². The van der Waals surface area contributed by atoms with Crippen molar-refractivity contribution in [3.05, 3.63) is 58.4 Å². The van der Waals surface area contributed by atoms with Gasteiger partial charge in [0.25, 0.3) is 5.91 Å². The van der Waals surface area contributed by atoms with Crippen LogP contribution in [0.5, 0.6) is 0 Å². The molecule has 0 aliphatic carbocycles. The first kappa shape index (κ1) is 21.5. The maximum Gasteiger partial charge on any atom is 0.416 e. The Kier molecular flexibility index (Phi) is 6.17. The van der Waals surface area contributed by atoms with E-state index in [1.165, 1.54) is 18.3 Å². The Labute approximate surface area is 158 Å². The Morgan fingerprint density at radius 3 is 2.11 bits per heavy atom. The number of anilines is 1.